The van der Waals surface area contributed by atoms with Crippen LogP contribution in [0.4, 0.5) is 0 Å². The number of hydrogen-bond acceptors (Lipinski definition) is 7. The topological polar surface area (TPSA) is 94.3 Å². The van der Waals surface area contributed by atoms with Crippen LogP contribution in [0.1, 0.15) is 12.3 Å². The summed E-state index contributed by atoms with van der Waals surface area (Å²) in [6, 6.07) is 7.28. The maximum atomic E-state index is 11.4. The van der Waals surface area contributed by atoms with Crippen LogP contribution in [0.5, 0.6) is 5.75 Å². The molecule has 7 nitrogen and oxygen atoms in total. The van der Waals surface area contributed by atoms with E-state index in [-0.39, 0.29) is 17.5 Å². The van der Waals surface area contributed by atoms with Gasteiger partial charge in [-0.1, -0.05) is 0 Å². The van der Waals surface area contributed by atoms with E-state index < -0.39 is 9.84 Å². The lowest BCUT2D eigenvalue weighted by atomic mass is 10.2. The van der Waals surface area contributed by atoms with Gasteiger partial charge in [0, 0.05) is 11.6 Å². The third kappa shape index (κ3) is 3.45. The van der Waals surface area contributed by atoms with Crippen LogP contribution in [0.25, 0.3) is 11.5 Å². The summed E-state index contributed by atoms with van der Waals surface area (Å²) in [5.41, 5.74) is 0.808. The van der Waals surface area contributed by atoms with Crippen LogP contribution in [0.2, 0.25) is 0 Å². The fourth-order valence-electron chi connectivity index (χ4n) is 2.36. The molecule has 3 rings (SSSR count). The van der Waals surface area contributed by atoms with E-state index in [4.69, 9.17) is 9.15 Å². The number of nitrogens with one attached hydrogen (secondary N) is 1. The Labute approximate surface area is 128 Å². The molecular formula is C14H17N3O4S. The molecule has 1 unspecified atom stereocenters. The molecule has 1 aliphatic rings. The Morgan fingerprint density at radius 3 is 2.73 bits per heavy atom. The van der Waals surface area contributed by atoms with Gasteiger partial charge in [-0.15, -0.1) is 10.2 Å². The third-order valence-corrected chi connectivity index (χ3v) is 5.35. The van der Waals surface area contributed by atoms with E-state index in [0.717, 1.165) is 11.3 Å². The van der Waals surface area contributed by atoms with E-state index in [1.54, 1.807) is 7.11 Å². The van der Waals surface area contributed by atoms with Gasteiger partial charge in [-0.05, 0) is 30.7 Å². The number of aromatic nitrogens is 2. The molecule has 1 aromatic carbocycles. The summed E-state index contributed by atoms with van der Waals surface area (Å²) in [6.07, 6.45) is 0.627. The van der Waals surface area contributed by atoms with Gasteiger partial charge < -0.3 is 14.5 Å². The zero-order chi connectivity index (χ0) is 15.6. The van der Waals surface area contributed by atoms with Crippen molar-refractivity contribution in [1.82, 2.24) is 15.5 Å². The molecule has 0 amide bonds. The Hall–Kier alpha value is -1.93. The lowest BCUT2D eigenvalue weighted by Crippen LogP contribution is -2.29. The van der Waals surface area contributed by atoms with Crippen molar-refractivity contribution >= 4 is 9.84 Å². The molecular weight excluding hydrogens is 306 g/mol. The van der Waals surface area contributed by atoms with Crippen LogP contribution in [-0.2, 0) is 16.4 Å². The summed E-state index contributed by atoms with van der Waals surface area (Å²) < 4.78 is 33.5. The summed E-state index contributed by atoms with van der Waals surface area (Å²) >= 11 is 0. The van der Waals surface area contributed by atoms with Gasteiger partial charge in [0.2, 0.25) is 11.8 Å². The van der Waals surface area contributed by atoms with E-state index in [9.17, 15) is 8.42 Å². The molecule has 8 heteroatoms. The quantitative estimate of drug-likeness (QED) is 0.878. The van der Waals surface area contributed by atoms with Crippen molar-refractivity contribution in [2.24, 2.45) is 0 Å². The molecule has 0 aliphatic carbocycles. The van der Waals surface area contributed by atoms with Crippen LogP contribution in [0.15, 0.2) is 28.7 Å². The lowest BCUT2D eigenvalue weighted by molar-refractivity contribution is 0.414. The van der Waals surface area contributed by atoms with Gasteiger partial charge in [0.1, 0.15) is 5.75 Å². The maximum absolute atomic E-state index is 11.4. The Balaban J connectivity index is 1.61. The molecule has 0 spiro atoms. The molecule has 1 aromatic heterocycles. The zero-order valence-corrected chi connectivity index (χ0v) is 13.0. The van der Waals surface area contributed by atoms with Gasteiger partial charge in [-0.2, -0.15) is 0 Å². The van der Waals surface area contributed by atoms with E-state index in [2.05, 4.69) is 15.5 Å². The summed E-state index contributed by atoms with van der Waals surface area (Å²) in [5, 5.41) is 11.1. The molecule has 1 atom stereocenters. The number of hydrogen-bond donors (Lipinski definition) is 1. The minimum Gasteiger partial charge on any atom is -0.497 e. The third-order valence-electron chi connectivity index (χ3n) is 3.58. The fourth-order valence-corrected chi connectivity index (χ4v) is 4.07. The van der Waals surface area contributed by atoms with Crippen molar-refractivity contribution in [2.45, 2.75) is 19.0 Å². The van der Waals surface area contributed by atoms with Gasteiger partial charge in [-0.25, -0.2) is 8.42 Å². The van der Waals surface area contributed by atoms with Gasteiger partial charge in [0.15, 0.2) is 9.84 Å². The Bertz CT molecular complexity index is 740. The van der Waals surface area contributed by atoms with Gasteiger partial charge in [0.05, 0.1) is 25.2 Å². The fraction of sp³-hybridized carbons (Fsp3) is 0.429. The average Bonchev–Trinajstić information content (AvgIpc) is 3.11. The summed E-state index contributed by atoms with van der Waals surface area (Å²) in [7, 11) is -1.28. The molecule has 2 aromatic rings. The Morgan fingerprint density at radius 2 is 2.09 bits per heavy atom. The van der Waals surface area contributed by atoms with Crippen molar-refractivity contribution in [3.63, 3.8) is 0 Å². The molecule has 1 N–H and O–H groups in total. The summed E-state index contributed by atoms with van der Waals surface area (Å²) in [4.78, 5) is 0. The van der Waals surface area contributed by atoms with Crippen LogP contribution in [0.3, 0.4) is 0 Å². The zero-order valence-electron chi connectivity index (χ0n) is 12.2. The SMILES string of the molecule is COc1ccc(-c2nnc(CNC3CCS(=O)(=O)C3)o2)cc1. The van der Waals surface area contributed by atoms with E-state index >= 15 is 0 Å². The van der Waals surface area contributed by atoms with Crippen molar-refractivity contribution in [1.29, 1.82) is 0 Å². The first-order valence-electron chi connectivity index (χ1n) is 6.96. The predicted octanol–water partition coefficient (Wildman–Crippen LogP) is 1.02. The standard InChI is InChI=1S/C14H17N3O4S/c1-20-12-4-2-10(3-5-12)14-17-16-13(21-14)8-15-11-6-7-22(18,19)9-11/h2-5,11,15H,6-9H2,1H3. The Kier molecular flexibility index (Phi) is 4.12. The van der Waals surface area contributed by atoms with Crippen molar-refractivity contribution < 1.29 is 17.6 Å². The number of methoxy groups -OCH3 is 1. The highest BCUT2D eigenvalue weighted by atomic mass is 32.2. The van der Waals surface area contributed by atoms with Gasteiger partial charge >= 0.3 is 0 Å². The van der Waals surface area contributed by atoms with E-state index in [0.29, 0.717) is 24.7 Å². The first-order chi connectivity index (χ1) is 10.6. The lowest BCUT2D eigenvalue weighted by Gasteiger charge is -2.07. The van der Waals surface area contributed by atoms with Crippen molar-refractivity contribution in [2.75, 3.05) is 18.6 Å². The van der Waals surface area contributed by atoms with Crippen LogP contribution in [-0.4, -0.2) is 43.3 Å². The van der Waals surface area contributed by atoms with Crippen molar-refractivity contribution in [3.05, 3.63) is 30.2 Å². The first-order valence-corrected chi connectivity index (χ1v) is 8.78. The molecule has 2 heterocycles. The number of sulfone groups is 1. The minimum absolute atomic E-state index is 0.0404. The maximum Gasteiger partial charge on any atom is 0.247 e. The second-order valence-electron chi connectivity index (χ2n) is 5.21. The summed E-state index contributed by atoms with van der Waals surface area (Å²) in [5.74, 6) is 2.04. The van der Waals surface area contributed by atoms with E-state index in [1.807, 2.05) is 24.3 Å². The molecule has 0 saturated carbocycles. The van der Waals surface area contributed by atoms with Gasteiger partial charge in [0.25, 0.3) is 0 Å². The van der Waals surface area contributed by atoms with E-state index in [1.165, 1.54) is 0 Å². The molecule has 22 heavy (non-hydrogen) atoms. The highest BCUT2D eigenvalue weighted by Gasteiger charge is 2.27. The molecule has 118 valence electrons. The Morgan fingerprint density at radius 1 is 1.32 bits per heavy atom. The van der Waals surface area contributed by atoms with Crippen molar-refractivity contribution in [3.8, 4) is 17.2 Å². The molecule has 0 radical (unpaired) electrons. The molecule has 0 bridgehead atoms. The smallest absolute Gasteiger partial charge is 0.247 e. The summed E-state index contributed by atoms with van der Waals surface area (Å²) in [6.45, 7) is 0.364. The first kappa shape index (κ1) is 15.0. The van der Waals surface area contributed by atoms with Crippen LogP contribution >= 0.6 is 0 Å². The number of benzene rings is 1. The predicted molar refractivity (Wildman–Crippen MR) is 80.2 cm³/mol. The largest absolute Gasteiger partial charge is 0.497 e. The van der Waals surface area contributed by atoms with Crippen LogP contribution in [0, 0.1) is 0 Å². The monoisotopic (exact) mass is 323 g/mol. The highest BCUT2D eigenvalue weighted by molar-refractivity contribution is 7.91. The molecule has 1 fully saturated rings. The number of rotatable bonds is 5. The van der Waals surface area contributed by atoms with Gasteiger partial charge in [-0.3, -0.25) is 0 Å². The average molecular weight is 323 g/mol. The molecule has 1 aliphatic heterocycles. The minimum atomic E-state index is -2.89. The second-order valence-corrected chi connectivity index (χ2v) is 7.44. The number of ether oxygens (including phenoxy) is 1. The normalized spacial score (nSPS) is 20.1. The number of nitrogens with zero attached hydrogens (tertiary/aromatic N) is 2. The highest BCUT2D eigenvalue weighted by Crippen LogP contribution is 2.21. The van der Waals surface area contributed by atoms with Crippen LogP contribution < -0.4 is 10.1 Å². The molecule has 1 saturated heterocycles. The second kappa shape index (κ2) is 6.05.